The Labute approximate surface area is 180 Å². The fraction of sp³-hybridized carbons (Fsp3) is 0.370. The lowest BCUT2D eigenvalue weighted by atomic mass is 9.95. The van der Waals surface area contributed by atoms with Crippen molar-refractivity contribution in [2.75, 3.05) is 13.1 Å². The normalized spacial score (nSPS) is 18.2. The van der Waals surface area contributed by atoms with Gasteiger partial charge < -0.3 is 5.32 Å². The van der Waals surface area contributed by atoms with Gasteiger partial charge in [-0.1, -0.05) is 72.8 Å². The second-order valence-electron chi connectivity index (χ2n) is 8.65. The number of hydrogen-bond acceptors (Lipinski definition) is 2. The molecule has 3 nitrogen and oxygen atoms in total. The monoisotopic (exact) mass is 400 g/mol. The number of nitrogens with one attached hydrogen (secondary N) is 1. The molecule has 2 atom stereocenters. The summed E-state index contributed by atoms with van der Waals surface area (Å²) in [6, 6.07) is 25.8. The molecule has 156 valence electrons. The van der Waals surface area contributed by atoms with Gasteiger partial charge >= 0.3 is 0 Å². The molecule has 0 aliphatic carbocycles. The molecular weight excluding hydrogens is 368 g/mol. The lowest BCUT2D eigenvalue weighted by Gasteiger charge is -2.33. The Morgan fingerprint density at radius 3 is 2.67 bits per heavy atom. The molecule has 0 radical (unpaired) electrons. The van der Waals surface area contributed by atoms with Crippen LogP contribution in [0, 0.1) is 5.92 Å². The molecule has 4 rings (SSSR count). The molecular formula is C27H32N2O. The van der Waals surface area contributed by atoms with E-state index in [2.05, 4.69) is 83.9 Å². The van der Waals surface area contributed by atoms with Crippen LogP contribution in [0.1, 0.15) is 37.3 Å². The second kappa shape index (κ2) is 9.90. The van der Waals surface area contributed by atoms with Gasteiger partial charge in [0.25, 0.3) is 0 Å². The largest absolute Gasteiger partial charge is 0.353 e. The fourth-order valence-electron chi connectivity index (χ4n) is 4.55. The number of carbonyl (C=O) groups excluding carboxylic acids is 1. The van der Waals surface area contributed by atoms with E-state index in [0.29, 0.717) is 0 Å². The van der Waals surface area contributed by atoms with Gasteiger partial charge in [0.15, 0.2) is 0 Å². The number of benzene rings is 3. The number of carbonyl (C=O) groups is 1. The molecule has 0 aromatic heterocycles. The van der Waals surface area contributed by atoms with E-state index in [4.69, 9.17) is 0 Å². The maximum atomic E-state index is 12.9. The number of fused-ring (bicyclic) bond motifs is 1. The maximum Gasteiger partial charge on any atom is 0.224 e. The van der Waals surface area contributed by atoms with Crippen molar-refractivity contribution < 1.29 is 4.79 Å². The number of amides is 1. The lowest BCUT2D eigenvalue weighted by molar-refractivity contribution is -0.127. The van der Waals surface area contributed by atoms with Crippen LogP contribution in [0.2, 0.25) is 0 Å². The maximum absolute atomic E-state index is 12.9. The molecule has 3 heteroatoms. The average molecular weight is 401 g/mol. The minimum Gasteiger partial charge on any atom is -0.353 e. The molecule has 1 aliphatic heterocycles. The molecule has 0 spiro atoms. The topological polar surface area (TPSA) is 32.3 Å². The summed E-state index contributed by atoms with van der Waals surface area (Å²) in [7, 11) is 0. The first kappa shape index (κ1) is 20.6. The highest BCUT2D eigenvalue weighted by Gasteiger charge is 2.26. The Morgan fingerprint density at radius 1 is 1.03 bits per heavy atom. The first-order chi connectivity index (χ1) is 14.7. The zero-order valence-corrected chi connectivity index (χ0v) is 17.9. The van der Waals surface area contributed by atoms with E-state index in [1.165, 1.54) is 21.9 Å². The van der Waals surface area contributed by atoms with E-state index < -0.39 is 0 Å². The highest BCUT2D eigenvalue weighted by Crippen LogP contribution is 2.23. The van der Waals surface area contributed by atoms with Crippen LogP contribution < -0.4 is 5.32 Å². The molecule has 1 fully saturated rings. The molecule has 1 amide bonds. The average Bonchev–Trinajstić information content (AvgIpc) is 2.79. The van der Waals surface area contributed by atoms with E-state index in [9.17, 15) is 4.79 Å². The number of piperidine rings is 1. The van der Waals surface area contributed by atoms with Crippen LogP contribution in [0.15, 0.2) is 72.8 Å². The molecule has 3 aromatic carbocycles. The third kappa shape index (κ3) is 5.28. The van der Waals surface area contributed by atoms with Crippen LogP contribution >= 0.6 is 0 Å². The van der Waals surface area contributed by atoms with E-state index in [0.717, 1.165) is 45.3 Å². The van der Waals surface area contributed by atoms with Crippen molar-refractivity contribution >= 4 is 16.7 Å². The van der Waals surface area contributed by atoms with Crippen LogP contribution in [-0.2, 0) is 17.8 Å². The Hall–Kier alpha value is -2.65. The van der Waals surface area contributed by atoms with Gasteiger partial charge in [-0.05, 0) is 61.1 Å². The van der Waals surface area contributed by atoms with Gasteiger partial charge in [-0.25, -0.2) is 0 Å². The number of aryl methyl sites for hydroxylation is 1. The van der Waals surface area contributed by atoms with Gasteiger partial charge in [0.2, 0.25) is 5.91 Å². The molecule has 1 aliphatic rings. The zero-order chi connectivity index (χ0) is 20.8. The molecule has 2 unspecified atom stereocenters. The van der Waals surface area contributed by atoms with Crippen LogP contribution in [0.5, 0.6) is 0 Å². The van der Waals surface area contributed by atoms with E-state index >= 15 is 0 Å². The van der Waals surface area contributed by atoms with Crippen molar-refractivity contribution in [3.63, 3.8) is 0 Å². The van der Waals surface area contributed by atoms with E-state index in [-0.39, 0.29) is 17.9 Å². The van der Waals surface area contributed by atoms with Crippen LogP contribution in [0.3, 0.4) is 0 Å². The number of nitrogens with zero attached hydrogens (tertiary/aromatic N) is 1. The summed E-state index contributed by atoms with van der Waals surface area (Å²) < 4.78 is 0. The Balaban J connectivity index is 1.31. The zero-order valence-electron chi connectivity index (χ0n) is 17.9. The van der Waals surface area contributed by atoms with E-state index in [1.54, 1.807) is 0 Å². The van der Waals surface area contributed by atoms with Gasteiger partial charge in [-0.3, -0.25) is 9.69 Å². The summed E-state index contributed by atoms with van der Waals surface area (Å²) in [4.78, 5) is 15.3. The van der Waals surface area contributed by atoms with Gasteiger partial charge in [0.1, 0.15) is 0 Å². The van der Waals surface area contributed by atoms with Crippen molar-refractivity contribution in [2.45, 2.75) is 45.2 Å². The smallest absolute Gasteiger partial charge is 0.224 e. The Morgan fingerprint density at radius 2 is 1.80 bits per heavy atom. The van der Waals surface area contributed by atoms with Gasteiger partial charge in [0.05, 0.1) is 5.92 Å². The summed E-state index contributed by atoms with van der Waals surface area (Å²) >= 11 is 0. The summed E-state index contributed by atoms with van der Waals surface area (Å²) in [5, 5.41) is 5.87. The molecule has 0 saturated carbocycles. The van der Waals surface area contributed by atoms with Gasteiger partial charge in [-0.2, -0.15) is 0 Å². The SMILES string of the molecule is CC(CCc1ccccc1)NC(=O)C1CCCN(Cc2cccc3ccccc23)C1. The standard InChI is InChI=1S/C27H32N2O/c1-21(16-17-22-9-3-2-4-10-22)28-27(30)25-14-8-18-29(20-25)19-24-13-7-12-23-11-5-6-15-26(23)24/h2-7,9-13,15,21,25H,8,14,16-20H2,1H3,(H,28,30). The minimum absolute atomic E-state index is 0.0906. The highest BCUT2D eigenvalue weighted by atomic mass is 16.2. The van der Waals surface area contributed by atoms with Gasteiger partial charge in [-0.15, -0.1) is 0 Å². The van der Waals surface area contributed by atoms with Crippen molar-refractivity contribution in [3.8, 4) is 0 Å². The van der Waals surface area contributed by atoms with Gasteiger partial charge in [0, 0.05) is 19.1 Å². The first-order valence-electron chi connectivity index (χ1n) is 11.2. The predicted molar refractivity (Wildman–Crippen MR) is 124 cm³/mol. The predicted octanol–water partition coefficient (Wildman–Crippen LogP) is 5.19. The second-order valence-corrected chi connectivity index (χ2v) is 8.65. The Bertz CT molecular complexity index is 964. The summed E-state index contributed by atoms with van der Waals surface area (Å²) in [5.74, 6) is 0.311. The Kier molecular flexibility index (Phi) is 6.81. The summed E-state index contributed by atoms with van der Waals surface area (Å²) in [6.07, 6.45) is 4.05. The molecule has 1 N–H and O–H groups in total. The van der Waals surface area contributed by atoms with Crippen molar-refractivity contribution in [3.05, 3.63) is 83.9 Å². The molecule has 0 bridgehead atoms. The first-order valence-corrected chi connectivity index (χ1v) is 11.2. The molecule has 30 heavy (non-hydrogen) atoms. The minimum atomic E-state index is 0.0906. The third-order valence-electron chi connectivity index (χ3n) is 6.25. The van der Waals surface area contributed by atoms with Crippen molar-refractivity contribution in [1.82, 2.24) is 10.2 Å². The molecule has 3 aromatic rings. The van der Waals surface area contributed by atoms with Crippen molar-refractivity contribution in [1.29, 1.82) is 0 Å². The molecule has 1 saturated heterocycles. The summed E-state index contributed by atoms with van der Waals surface area (Å²) in [5.41, 5.74) is 2.68. The van der Waals surface area contributed by atoms with Crippen LogP contribution in [0.4, 0.5) is 0 Å². The summed E-state index contributed by atoms with van der Waals surface area (Å²) in [6.45, 7) is 4.95. The lowest BCUT2D eigenvalue weighted by Crippen LogP contribution is -2.45. The number of likely N-dealkylation sites (tertiary alicyclic amines) is 1. The number of hydrogen-bond donors (Lipinski definition) is 1. The highest BCUT2D eigenvalue weighted by molar-refractivity contribution is 5.85. The fourth-order valence-corrected chi connectivity index (χ4v) is 4.55. The van der Waals surface area contributed by atoms with Crippen molar-refractivity contribution in [2.24, 2.45) is 5.92 Å². The third-order valence-corrected chi connectivity index (χ3v) is 6.25. The quantitative estimate of drug-likeness (QED) is 0.592. The molecule has 1 heterocycles. The van der Waals surface area contributed by atoms with Crippen LogP contribution in [0.25, 0.3) is 10.8 Å². The van der Waals surface area contributed by atoms with Crippen LogP contribution in [-0.4, -0.2) is 29.9 Å². The number of rotatable bonds is 7. The van der Waals surface area contributed by atoms with E-state index in [1.807, 2.05) is 6.07 Å².